The molecule has 0 fully saturated rings. The number of nitrogens with zero attached hydrogens (tertiary/aromatic N) is 2. The average Bonchev–Trinajstić information content (AvgIpc) is 3.19. The third-order valence-corrected chi connectivity index (χ3v) is 5.69. The van der Waals surface area contributed by atoms with Gasteiger partial charge in [0.25, 0.3) is 5.69 Å². The SMILES string of the molecule is CCOc1cc(/C=C2\N=C(c3ccc(Br)cc3)OC2=O)cc(Cl)c1OCc1ccc([N+](=O)[O-])cc1. The maximum absolute atomic E-state index is 12.4. The topological polar surface area (TPSA) is 100 Å². The van der Waals surface area contributed by atoms with Gasteiger partial charge >= 0.3 is 5.97 Å². The molecule has 0 aliphatic carbocycles. The molecule has 0 saturated heterocycles. The Bertz CT molecular complexity index is 1340. The number of ether oxygens (including phenoxy) is 3. The van der Waals surface area contributed by atoms with Crippen LogP contribution >= 0.6 is 27.5 Å². The number of non-ortho nitro benzene ring substituents is 1. The van der Waals surface area contributed by atoms with Crippen molar-refractivity contribution in [3.8, 4) is 11.5 Å². The molecular weight excluding hydrogens is 540 g/mol. The van der Waals surface area contributed by atoms with Crippen LogP contribution in [0.25, 0.3) is 6.08 Å². The first kappa shape index (κ1) is 24.4. The zero-order valence-corrected chi connectivity index (χ0v) is 20.7. The van der Waals surface area contributed by atoms with Gasteiger partial charge in [0.2, 0.25) is 5.90 Å². The maximum Gasteiger partial charge on any atom is 0.363 e. The summed E-state index contributed by atoms with van der Waals surface area (Å²) in [5, 5.41) is 11.1. The standard InChI is InChI=1S/C25H18BrClN2O6/c1-2-33-22-13-16(12-21-25(30)35-24(28-21)17-5-7-18(26)8-6-17)11-20(27)23(22)34-14-15-3-9-19(10-4-15)29(31)32/h3-13H,2,14H2,1H3/b21-12-. The third kappa shape index (κ3) is 5.87. The van der Waals surface area contributed by atoms with Crippen LogP contribution in [-0.4, -0.2) is 23.4 Å². The number of carbonyl (C=O) groups excluding carboxylic acids is 1. The minimum Gasteiger partial charge on any atom is -0.490 e. The molecule has 0 radical (unpaired) electrons. The van der Waals surface area contributed by atoms with Crippen molar-refractivity contribution in [3.63, 3.8) is 0 Å². The molecular formula is C25H18BrClN2O6. The largest absolute Gasteiger partial charge is 0.490 e. The molecule has 1 aliphatic heterocycles. The quantitative estimate of drug-likeness (QED) is 0.139. The number of hydrogen-bond acceptors (Lipinski definition) is 7. The van der Waals surface area contributed by atoms with Gasteiger partial charge in [-0.25, -0.2) is 9.79 Å². The molecule has 3 aromatic rings. The number of nitro benzene ring substituents is 1. The predicted molar refractivity (Wildman–Crippen MR) is 135 cm³/mol. The fourth-order valence-electron chi connectivity index (χ4n) is 3.23. The average molecular weight is 558 g/mol. The van der Waals surface area contributed by atoms with Gasteiger partial charge in [0.1, 0.15) is 6.61 Å². The number of hydrogen-bond donors (Lipinski definition) is 0. The van der Waals surface area contributed by atoms with Crippen LogP contribution in [0.5, 0.6) is 11.5 Å². The summed E-state index contributed by atoms with van der Waals surface area (Å²) in [6.07, 6.45) is 1.56. The molecule has 10 heteroatoms. The molecule has 1 aliphatic rings. The third-order valence-electron chi connectivity index (χ3n) is 4.88. The Morgan fingerprint density at radius 1 is 1.11 bits per heavy atom. The van der Waals surface area contributed by atoms with Gasteiger partial charge in [-0.05, 0) is 72.7 Å². The lowest BCUT2D eigenvalue weighted by atomic mass is 10.1. The van der Waals surface area contributed by atoms with E-state index in [4.69, 9.17) is 25.8 Å². The summed E-state index contributed by atoms with van der Waals surface area (Å²) in [5.74, 6) is 0.350. The fourth-order valence-corrected chi connectivity index (χ4v) is 3.76. The van der Waals surface area contributed by atoms with E-state index in [1.165, 1.54) is 12.1 Å². The number of halogens is 2. The molecule has 1 heterocycles. The lowest BCUT2D eigenvalue weighted by Crippen LogP contribution is -2.05. The monoisotopic (exact) mass is 556 g/mol. The summed E-state index contributed by atoms with van der Waals surface area (Å²) in [6, 6.07) is 16.6. The van der Waals surface area contributed by atoms with Gasteiger partial charge in [-0.15, -0.1) is 0 Å². The minimum absolute atomic E-state index is 0.00410. The molecule has 35 heavy (non-hydrogen) atoms. The predicted octanol–water partition coefficient (Wildman–Crippen LogP) is 6.33. The molecule has 0 bridgehead atoms. The lowest BCUT2D eigenvalue weighted by molar-refractivity contribution is -0.384. The molecule has 4 rings (SSSR count). The second-order valence-corrected chi connectivity index (χ2v) is 8.64. The van der Waals surface area contributed by atoms with Crippen molar-refractivity contribution in [2.75, 3.05) is 6.61 Å². The second-order valence-electron chi connectivity index (χ2n) is 7.32. The first-order chi connectivity index (χ1) is 16.8. The molecule has 0 N–H and O–H groups in total. The smallest absolute Gasteiger partial charge is 0.363 e. The lowest BCUT2D eigenvalue weighted by Gasteiger charge is -2.14. The first-order valence-corrected chi connectivity index (χ1v) is 11.6. The highest BCUT2D eigenvalue weighted by atomic mass is 79.9. The first-order valence-electron chi connectivity index (χ1n) is 10.4. The summed E-state index contributed by atoms with van der Waals surface area (Å²) in [7, 11) is 0. The van der Waals surface area contributed by atoms with Crippen molar-refractivity contribution < 1.29 is 23.9 Å². The number of benzene rings is 3. The molecule has 0 amide bonds. The zero-order valence-electron chi connectivity index (χ0n) is 18.4. The van der Waals surface area contributed by atoms with Gasteiger partial charge < -0.3 is 14.2 Å². The van der Waals surface area contributed by atoms with Crippen molar-refractivity contribution in [2.24, 2.45) is 4.99 Å². The van der Waals surface area contributed by atoms with Crippen molar-refractivity contribution in [1.82, 2.24) is 0 Å². The van der Waals surface area contributed by atoms with Gasteiger partial charge in [0.15, 0.2) is 17.2 Å². The number of rotatable bonds is 8. The highest BCUT2D eigenvalue weighted by Crippen LogP contribution is 2.38. The summed E-state index contributed by atoms with van der Waals surface area (Å²) >= 11 is 9.85. The molecule has 178 valence electrons. The van der Waals surface area contributed by atoms with Gasteiger partial charge in [0.05, 0.1) is 16.6 Å². The van der Waals surface area contributed by atoms with Crippen molar-refractivity contribution >= 4 is 51.2 Å². The molecule has 0 aromatic heterocycles. The maximum atomic E-state index is 12.4. The Balaban J connectivity index is 1.57. The second kappa shape index (κ2) is 10.7. The Morgan fingerprint density at radius 3 is 2.49 bits per heavy atom. The minimum atomic E-state index is -0.574. The summed E-state index contributed by atoms with van der Waals surface area (Å²) in [4.78, 5) is 27.1. The summed E-state index contributed by atoms with van der Waals surface area (Å²) in [5.41, 5.74) is 2.10. The van der Waals surface area contributed by atoms with Crippen LogP contribution < -0.4 is 9.47 Å². The number of cyclic esters (lactones) is 1. The normalized spacial score (nSPS) is 14.0. The Labute approximate surface area is 214 Å². The van der Waals surface area contributed by atoms with Gasteiger partial charge in [-0.2, -0.15) is 0 Å². The van der Waals surface area contributed by atoms with Crippen LogP contribution in [0.2, 0.25) is 5.02 Å². The van der Waals surface area contributed by atoms with Gasteiger partial charge in [0, 0.05) is 22.2 Å². The van der Waals surface area contributed by atoms with E-state index in [0.717, 1.165) is 10.0 Å². The van der Waals surface area contributed by atoms with Gasteiger partial charge in [-0.1, -0.05) is 27.5 Å². The number of nitro groups is 1. The van der Waals surface area contributed by atoms with Crippen LogP contribution in [-0.2, 0) is 16.1 Å². The molecule has 0 unspecified atom stereocenters. The van der Waals surface area contributed by atoms with Crippen molar-refractivity contribution in [2.45, 2.75) is 13.5 Å². The summed E-state index contributed by atoms with van der Waals surface area (Å²) < 4.78 is 17.8. The number of carbonyl (C=O) groups is 1. The Morgan fingerprint density at radius 2 is 1.83 bits per heavy atom. The number of aliphatic imine (C=N–C) groups is 1. The molecule has 0 atom stereocenters. The van der Waals surface area contributed by atoms with Crippen LogP contribution in [0.1, 0.15) is 23.6 Å². The zero-order chi connectivity index (χ0) is 24.9. The molecule has 0 saturated carbocycles. The Hall–Kier alpha value is -3.69. The van der Waals surface area contributed by atoms with Crippen molar-refractivity contribution in [3.05, 3.63) is 103 Å². The van der Waals surface area contributed by atoms with Crippen molar-refractivity contribution in [1.29, 1.82) is 0 Å². The molecule has 8 nitrogen and oxygen atoms in total. The van der Waals surface area contributed by atoms with Gasteiger partial charge in [-0.3, -0.25) is 10.1 Å². The molecule has 3 aromatic carbocycles. The van der Waals surface area contributed by atoms with E-state index in [-0.39, 0.29) is 28.9 Å². The van der Waals surface area contributed by atoms with E-state index in [9.17, 15) is 14.9 Å². The highest BCUT2D eigenvalue weighted by Gasteiger charge is 2.24. The number of esters is 1. The summed E-state index contributed by atoms with van der Waals surface area (Å²) in [6.45, 7) is 2.31. The van der Waals surface area contributed by atoms with E-state index < -0.39 is 10.9 Å². The van der Waals surface area contributed by atoms with E-state index in [0.29, 0.717) is 29.2 Å². The van der Waals surface area contributed by atoms with Crippen LogP contribution in [0.15, 0.2) is 75.8 Å². The van der Waals surface area contributed by atoms with E-state index in [1.54, 1.807) is 42.5 Å². The van der Waals surface area contributed by atoms with E-state index in [2.05, 4.69) is 20.9 Å². The highest BCUT2D eigenvalue weighted by molar-refractivity contribution is 9.10. The van der Waals surface area contributed by atoms with Crippen LogP contribution in [0, 0.1) is 10.1 Å². The Kier molecular flexibility index (Phi) is 7.48. The van der Waals surface area contributed by atoms with Crippen LogP contribution in [0.4, 0.5) is 5.69 Å². The van der Waals surface area contributed by atoms with E-state index >= 15 is 0 Å². The molecule has 0 spiro atoms. The van der Waals surface area contributed by atoms with E-state index in [1.807, 2.05) is 19.1 Å². The fraction of sp³-hybridized carbons (Fsp3) is 0.120. The van der Waals surface area contributed by atoms with Crippen LogP contribution in [0.3, 0.4) is 0 Å².